The molecule has 0 aromatic heterocycles. The highest BCUT2D eigenvalue weighted by Gasteiger charge is 2.41. The summed E-state index contributed by atoms with van der Waals surface area (Å²) in [6.45, 7) is 4.81. The summed E-state index contributed by atoms with van der Waals surface area (Å²) in [5.41, 5.74) is 3.65. The first-order valence-electron chi connectivity index (χ1n) is 11.3. The first-order chi connectivity index (χ1) is 15.6. The molecule has 172 valence electrons. The van der Waals surface area contributed by atoms with E-state index in [-0.39, 0.29) is 17.9 Å². The van der Waals surface area contributed by atoms with E-state index >= 15 is 0 Å². The normalized spacial score (nSPS) is 20.4. The molecule has 2 aromatic rings. The molecular formula is C25H32ClN3O3. The monoisotopic (exact) mass is 457 g/mol. The molecule has 0 spiro atoms. The van der Waals surface area contributed by atoms with Crippen LogP contribution in [-0.4, -0.2) is 63.9 Å². The van der Waals surface area contributed by atoms with Crippen molar-refractivity contribution in [2.75, 3.05) is 51.9 Å². The second-order valence-corrected chi connectivity index (χ2v) is 9.00. The van der Waals surface area contributed by atoms with Gasteiger partial charge in [-0.1, -0.05) is 29.8 Å². The van der Waals surface area contributed by atoms with Gasteiger partial charge >= 0.3 is 0 Å². The second-order valence-electron chi connectivity index (χ2n) is 8.56. The van der Waals surface area contributed by atoms with Gasteiger partial charge in [0.25, 0.3) is 0 Å². The molecule has 0 radical (unpaired) electrons. The van der Waals surface area contributed by atoms with Crippen LogP contribution in [0.2, 0.25) is 5.02 Å². The molecule has 2 heterocycles. The van der Waals surface area contributed by atoms with Crippen LogP contribution in [0.1, 0.15) is 17.5 Å². The summed E-state index contributed by atoms with van der Waals surface area (Å²) in [4.78, 5) is 18.1. The third-order valence-corrected chi connectivity index (χ3v) is 6.74. The lowest BCUT2D eigenvalue weighted by molar-refractivity contribution is -0.126. The first kappa shape index (κ1) is 22.9. The number of amides is 1. The number of anilines is 1. The predicted octanol–water partition coefficient (Wildman–Crippen LogP) is 3.36. The van der Waals surface area contributed by atoms with E-state index in [1.54, 1.807) is 14.2 Å². The summed E-state index contributed by atoms with van der Waals surface area (Å²) >= 11 is 6.05. The molecule has 2 aliphatic heterocycles. The van der Waals surface area contributed by atoms with Crippen LogP contribution in [0, 0.1) is 5.92 Å². The number of piperazine rings is 1. The van der Waals surface area contributed by atoms with Crippen molar-refractivity contribution in [2.24, 2.45) is 5.92 Å². The molecule has 1 fully saturated rings. The van der Waals surface area contributed by atoms with Crippen LogP contribution < -0.4 is 15.0 Å². The molecule has 6 nitrogen and oxygen atoms in total. The number of benzene rings is 2. The largest absolute Gasteiger partial charge is 0.497 e. The van der Waals surface area contributed by atoms with Crippen LogP contribution in [-0.2, 0) is 22.5 Å². The third-order valence-electron chi connectivity index (χ3n) is 6.49. The van der Waals surface area contributed by atoms with Gasteiger partial charge in [0, 0.05) is 63.2 Å². The molecule has 2 atom stereocenters. The maximum Gasteiger partial charge on any atom is 0.225 e. The van der Waals surface area contributed by atoms with E-state index in [1.807, 2.05) is 18.2 Å². The minimum absolute atomic E-state index is 0.0912. The number of carbonyl (C=O) groups is 1. The zero-order valence-corrected chi connectivity index (χ0v) is 19.6. The molecule has 2 aliphatic rings. The van der Waals surface area contributed by atoms with Crippen LogP contribution in [0.4, 0.5) is 5.69 Å². The Morgan fingerprint density at radius 3 is 2.72 bits per heavy atom. The Morgan fingerprint density at radius 1 is 1.16 bits per heavy atom. The number of fused-ring (bicyclic) bond motifs is 3. The van der Waals surface area contributed by atoms with Crippen LogP contribution in [0.5, 0.6) is 5.75 Å². The minimum atomic E-state index is -0.0912. The van der Waals surface area contributed by atoms with Gasteiger partial charge in [-0.15, -0.1) is 0 Å². The SMILES string of the molecule is COCCCNC(=O)[C@H]1Cc2ccc(OC)cc2N2CCN(Cc3ccc(Cl)cc3)C[C@H]12. The van der Waals surface area contributed by atoms with E-state index in [0.717, 1.165) is 49.8 Å². The molecule has 2 aromatic carbocycles. The Bertz CT molecular complexity index is 921. The lowest BCUT2D eigenvalue weighted by Gasteiger charge is -2.49. The molecule has 1 amide bonds. The molecule has 0 unspecified atom stereocenters. The van der Waals surface area contributed by atoms with Crippen LogP contribution in [0.3, 0.4) is 0 Å². The van der Waals surface area contributed by atoms with Gasteiger partial charge in [-0.3, -0.25) is 9.69 Å². The molecule has 7 heteroatoms. The van der Waals surface area contributed by atoms with Gasteiger partial charge in [-0.25, -0.2) is 0 Å². The second kappa shape index (κ2) is 10.6. The highest BCUT2D eigenvalue weighted by atomic mass is 35.5. The van der Waals surface area contributed by atoms with Crippen LogP contribution >= 0.6 is 11.6 Å². The maximum atomic E-state index is 13.2. The summed E-state index contributed by atoms with van der Waals surface area (Å²) in [5, 5.41) is 3.89. The topological polar surface area (TPSA) is 54.0 Å². The average Bonchev–Trinajstić information content (AvgIpc) is 2.82. The molecule has 32 heavy (non-hydrogen) atoms. The third kappa shape index (κ3) is 5.20. The van der Waals surface area contributed by atoms with Crippen molar-refractivity contribution in [3.8, 4) is 5.75 Å². The molecule has 0 aliphatic carbocycles. The fourth-order valence-electron chi connectivity index (χ4n) is 4.81. The van der Waals surface area contributed by atoms with E-state index in [1.165, 1.54) is 16.8 Å². The van der Waals surface area contributed by atoms with Crippen molar-refractivity contribution in [1.29, 1.82) is 0 Å². The lowest BCUT2D eigenvalue weighted by Crippen LogP contribution is -2.60. The molecule has 1 N–H and O–H groups in total. The number of hydrogen-bond donors (Lipinski definition) is 1. The fourth-order valence-corrected chi connectivity index (χ4v) is 4.94. The van der Waals surface area contributed by atoms with E-state index in [9.17, 15) is 4.79 Å². The van der Waals surface area contributed by atoms with Crippen molar-refractivity contribution in [3.05, 3.63) is 58.6 Å². The average molecular weight is 458 g/mol. The van der Waals surface area contributed by atoms with Crippen LogP contribution in [0.25, 0.3) is 0 Å². The van der Waals surface area contributed by atoms with Gasteiger partial charge in [0.1, 0.15) is 5.75 Å². The number of carbonyl (C=O) groups excluding carboxylic acids is 1. The molecule has 4 rings (SSSR count). The number of ether oxygens (including phenoxy) is 2. The maximum absolute atomic E-state index is 13.2. The molecule has 0 saturated carbocycles. The number of halogens is 1. The quantitative estimate of drug-likeness (QED) is 0.616. The predicted molar refractivity (Wildman–Crippen MR) is 128 cm³/mol. The Morgan fingerprint density at radius 2 is 1.97 bits per heavy atom. The van der Waals surface area contributed by atoms with Crippen molar-refractivity contribution >= 4 is 23.2 Å². The summed E-state index contributed by atoms with van der Waals surface area (Å²) in [6.07, 6.45) is 1.56. The zero-order valence-electron chi connectivity index (χ0n) is 18.9. The van der Waals surface area contributed by atoms with Gasteiger partial charge < -0.3 is 19.7 Å². The zero-order chi connectivity index (χ0) is 22.5. The van der Waals surface area contributed by atoms with Crippen molar-refractivity contribution in [1.82, 2.24) is 10.2 Å². The van der Waals surface area contributed by atoms with Crippen molar-refractivity contribution in [2.45, 2.75) is 25.4 Å². The highest BCUT2D eigenvalue weighted by Crippen LogP contribution is 2.38. The van der Waals surface area contributed by atoms with Gasteiger partial charge in [0.05, 0.1) is 19.1 Å². The fraction of sp³-hybridized carbons (Fsp3) is 0.480. The number of methoxy groups -OCH3 is 2. The molecular weight excluding hydrogens is 426 g/mol. The minimum Gasteiger partial charge on any atom is -0.497 e. The van der Waals surface area contributed by atoms with E-state index in [0.29, 0.717) is 13.2 Å². The Balaban J connectivity index is 1.53. The van der Waals surface area contributed by atoms with E-state index < -0.39 is 0 Å². The number of rotatable bonds is 8. The first-order valence-corrected chi connectivity index (χ1v) is 11.6. The van der Waals surface area contributed by atoms with E-state index in [2.05, 4.69) is 39.4 Å². The lowest BCUT2D eigenvalue weighted by atomic mass is 9.83. The highest BCUT2D eigenvalue weighted by molar-refractivity contribution is 6.30. The summed E-state index contributed by atoms with van der Waals surface area (Å²) < 4.78 is 10.6. The van der Waals surface area contributed by atoms with Gasteiger partial charge in [-0.2, -0.15) is 0 Å². The summed E-state index contributed by atoms with van der Waals surface area (Å²) in [6, 6.07) is 14.4. The summed E-state index contributed by atoms with van der Waals surface area (Å²) in [5.74, 6) is 0.894. The number of hydrogen-bond acceptors (Lipinski definition) is 5. The molecule has 1 saturated heterocycles. The van der Waals surface area contributed by atoms with E-state index in [4.69, 9.17) is 21.1 Å². The number of nitrogens with one attached hydrogen (secondary N) is 1. The Kier molecular flexibility index (Phi) is 7.55. The standard InChI is InChI=1S/C25H32ClN3O3/c1-31-13-3-10-27-25(30)22-14-19-6-9-21(32-2)15-23(19)29-12-11-28(17-24(22)29)16-18-4-7-20(26)8-5-18/h4-9,15,22,24H,3,10-14,16-17H2,1-2H3,(H,27,30)/t22-,24+/m0/s1. The van der Waals surface area contributed by atoms with Gasteiger partial charge in [0.2, 0.25) is 5.91 Å². The van der Waals surface area contributed by atoms with Gasteiger partial charge in [0.15, 0.2) is 0 Å². The van der Waals surface area contributed by atoms with Crippen molar-refractivity contribution < 1.29 is 14.3 Å². The van der Waals surface area contributed by atoms with Gasteiger partial charge in [-0.05, 0) is 42.2 Å². The molecule has 0 bridgehead atoms. The number of nitrogens with zero attached hydrogens (tertiary/aromatic N) is 2. The summed E-state index contributed by atoms with van der Waals surface area (Å²) in [7, 11) is 3.38. The Hall–Kier alpha value is -2.28. The van der Waals surface area contributed by atoms with Crippen LogP contribution in [0.15, 0.2) is 42.5 Å². The Labute approximate surface area is 195 Å². The smallest absolute Gasteiger partial charge is 0.225 e. The van der Waals surface area contributed by atoms with Crippen molar-refractivity contribution in [3.63, 3.8) is 0 Å².